The van der Waals surface area contributed by atoms with Crippen LogP contribution < -0.4 is 5.73 Å². The maximum absolute atomic E-state index is 5.91. The first kappa shape index (κ1) is 24.3. The lowest BCUT2D eigenvalue weighted by atomic mass is 9.80. The quantitative estimate of drug-likeness (QED) is 0.346. The minimum absolute atomic E-state index is 0.363. The third-order valence-electron chi connectivity index (χ3n) is 7.70. The first-order valence-corrected chi connectivity index (χ1v) is 13.2. The van der Waals surface area contributed by atoms with E-state index in [1.165, 1.54) is 31.2 Å². The maximum atomic E-state index is 5.91. The molecule has 1 aliphatic carbocycles. The third kappa shape index (κ3) is 5.38. The van der Waals surface area contributed by atoms with E-state index in [-0.39, 0.29) is 0 Å². The zero-order chi connectivity index (χ0) is 24.9. The lowest BCUT2D eigenvalue weighted by Gasteiger charge is -2.27. The van der Waals surface area contributed by atoms with Crippen molar-refractivity contribution in [2.75, 3.05) is 6.54 Å². The van der Waals surface area contributed by atoms with Crippen LogP contribution >= 0.6 is 0 Å². The van der Waals surface area contributed by atoms with E-state index >= 15 is 0 Å². The molecule has 0 aliphatic heterocycles. The normalized spacial score (nSPS) is 18.9. The first-order valence-electron chi connectivity index (χ1n) is 13.2. The largest absolute Gasteiger partial charge is 0.330 e. The summed E-state index contributed by atoms with van der Waals surface area (Å²) in [6, 6.07) is 16.8. The predicted octanol–water partition coefficient (Wildman–Crippen LogP) is 4.99. The molecule has 1 saturated carbocycles. The summed E-state index contributed by atoms with van der Waals surface area (Å²) in [7, 11) is 0. The average Bonchev–Trinajstić information content (AvgIpc) is 3.60. The van der Waals surface area contributed by atoms with Crippen molar-refractivity contribution in [1.29, 1.82) is 0 Å². The Balaban J connectivity index is 1.35. The Hall–Kier alpha value is -3.39. The fourth-order valence-corrected chi connectivity index (χ4v) is 5.16. The fraction of sp³-hybridized carbons (Fsp3) is 0.464. The van der Waals surface area contributed by atoms with Gasteiger partial charge in [0.05, 0.1) is 6.54 Å². The van der Waals surface area contributed by atoms with Gasteiger partial charge >= 0.3 is 0 Å². The van der Waals surface area contributed by atoms with Gasteiger partial charge in [-0.1, -0.05) is 62.4 Å². The van der Waals surface area contributed by atoms with Crippen LogP contribution in [0.15, 0.2) is 48.5 Å². The Morgan fingerprint density at radius 3 is 2.39 bits per heavy atom. The number of tetrazole rings is 1. The van der Waals surface area contributed by atoms with Crippen LogP contribution in [-0.2, 0) is 13.0 Å². The Bertz CT molecular complexity index is 1240. The Morgan fingerprint density at radius 1 is 1.00 bits per heavy atom. The summed E-state index contributed by atoms with van der Waals surface area (Å²) < 4.78 is 2.14. The van der Waals surface area contributed by atoms with E-state index in [0.717, 1.165) is 54.3 Å². The number of hydrogen-bond acceptors (Lipinski definition) is 6. The van der Waals surface area contributed by atoms with Gasteiger partial charge in [0.2, 0.25) is 5.82 Å². The molecule has 0 radical (unpaired) electrons. The summed E-state index contributed by atoms with van der Waals surface area (Å²) in [6.07, 6.45) is 6.99. The predicted molar refractivity (Wildman–Crippen MR) is 141 cm³/mol. The first-order chi connectivity index (χ1) is 17.6. The molecule has 1 unspecified atom stereocenters. The molecule has 0 bridgehead atoms. The van der Waals surface area contributed by atoms with Crippen molar-refractivity contribution in [3.63, 3.8) is 0 Å². The molecule has 3 N–H and O–H groups in total. The van der Waals surface area contributed by atoms with Gasteiger partial charge in [-0.15, -0.1) is 10.2 Å². The monoisotopic (exact) mass is 484 g/mol. The van der Waals surface area contributed by atoms with Gasteiger partial charge in [-0.25, -0.2) is 9.67 Å². The van der Waals surface area contributed by atoms with Crippen LogP contribution in [-0.4, -0.2) is 41.9 Å². The fourth-order valence-electron chi connectivity index (χ4n) is 5.16. The highest BCUT2D eigenvalue weighted by molar-refractivity contribution is 5.80. The number of hydrogen-bond donors (Lipinski definition) is 2. The van der Waals surface area contributed by atoms with Crippen molar-refractivity contribution in [2.24, 2.45) is 17.6 Å². The van der Waals surface area contributed by atoms with E-state index in [0.29, 0.717) is 23.6 Å². The Labute approximate surface area is 212 Å². The maximum Gasteiger partial charge on any atom is 0.205 e. The molecule has 2 aromatic heterocycles. The second-order valence-corrected chi connectivity index (χ2v) is 10.2. The molecule has 4 aromatic rings. The second-order valence-electron chi connectivity index (χ2n) is 10.2. The minimum Gasteiger partial charge on any atom is -0.330 e. The number of aromatic amines is 1. The van der Waals surface area contributed by atoms with Gasteiger partial charge in [-0.05, 0) is 72.4 Å². The van der Waals surface area contributed by atoms with Crippen molar-refractivity contribution in [1.82, 2.24) is 35.4 Å². The highest BCUT2D eigenvalue weighted by Crippen LogP contribution is 2.32. The van der Waals surface area contributed by atoms with Crippen molar-refractivity contribution in [3.05, 3.63) is 65.7 Å². The van der Waals surface area contributed by atoms with E-state index in [4.69, 9.17) is 15.8 Å². The lowest BCUT2D eigenvalue weighted by Crippen LogP contribution is -2.23. The van der Waals surface area contributed by atoms with Crippen LogP contribution in [0.4, 0.5) is 0 Å². The van der Waals surface area contributed by atoms with Crippen molar-refractivity contribution in [3.8, 4) is 22.5 Å². The summed E-state index contributed by atoms with van der Waals surface area (Å²) in [4.78, 5) is 5.02. The van der Waals surface area contributed by atoms with Crippen LogP contribution in [0.3, 0.4) is 0 Å². The van der Waals surface area contributed by atoms with Gasteiger partial charge in [-0.2, -0.15) is 10.3 Å². The molecule has 36 heavy (non-hydrogen) atoms. The Morgan fingerprint density at radius 2 is 1.72 bits per heavy atom. The summed E-state index contributed by atoms with van der Waals surface area (Å²) in [6.45, 7) is 5.95. The minimum atomic E-state index is 0.363. The van der Waals surface area contributed by atoms with Crippen molar-refractivity contribution >= 4 is 0 Å². The van der Waals surface area contributed by atoms with Crippen LogP contribution in [0.2, 0.25) is 0 Å². The second kappa shape index (κ2) is 11.1. The number of aromatic nitrogens is 7. The SMILES string of the molecule is CCC(C)c1nc(CC2CCC(CN)CC2)n(Cc2ccc(-c3ccccc3-c3nn[nH]n3)cc2)n1. The summed E-state index contributed by atoms with van der Waals surface area (Å²) in [5.41, 5.74) is 10.3. The molecule has 2 heterocycles. The summed E-state index contributed by atoms with van der Waals surface area (Å²) in [5.74, 6) is 4.41. The number of benzene rings is 2. The van der Waals surface area contributed by atoms with Crippen LogP contribution in [0.25, 0.3) is 22.5 Å². The molecule has 1 aliphatic rings. The molecule has 8 heteroatoms. The molecular formula is C28H36N8. The van der Waals surface area contributed by atoms with Crippen LogP contribution in [0.1, 0.15) is 69.1 Å². The van der Waals surface area contributed by atoms with Gasteiger partial charge in [0.25, 0.3) is 0 Å². The topological polar surface area (TPSA) is 111 Å². The van der Waals surface area contributed by atoms with Gasteiger partial charge in [-0.3, -0.25) is 0 Å². The van der Waals surface area contributed by atoms with E-state index in [9.17, 15) is 0 Å². The number of nitrogens with two attached hydrogens (primary N) is 1. The van der Waals surface area contributed by atoms with E-state index in [1.54, 1.807) is 0 Å². The zero-order valence-corrected chi connectivity index (χ0v) is 21.3. The molecule has 2 aromatic carbocycles. The summed E-state index contributed by atoms with van der Waals surface area (Å²) in [5, 5.41) is 19.5. The molecule has 5 rings (SSSR count). The van der Waals surface area contributed by atoms with Crippen molar-refractivity contribution in [2.45, 2.75) is 64.8 Å². The van der Waals surface area contributed by atoms with Crippen LogP contribution in [0, 0.1) is 11.8 Å². The smallest absolute Gasteiger partial charge is 0.205 e. The van der Waals surface area contributed by atoms with Gasteiger partial charge in [0, 0.05) is 17.9 Å². The number of nitrogens with zero attached hydrogens (tertiary/aromatic N) is 6. The molecule has 0 saturated heterocycles. The number of nitrogens with one attached hydrogen (secondary N) is 1. The molecule has 0 spiro atoms. The van der Waals surface area contributed by atoms with Crippen molar-refractivity contribution < 1.29 is 0 Å². The molecular weight excluding hydrogens is 448 g/mol. The standard InChI is InChI=1S/C28H36N8/c1-3-19(2)27-30-26(16-20-8-10-21(17-29)11-9-20)36(33-27)18-22-12-14-23(15-13-22)24-6-4-5-7-25(24)28-31-34-35-32-28/h4-7,12-15,19-21H,3,8-11,16-18,29H2,1-2H3,(H,31,32,34,35). The lowest BCUT2D eigenvalue weighted by molar-refractivity contribution is 0.273. The number of rotatable bonds is 9. The van der Waals surface area contributed by atoms with Crippen LogP contribution in [0.5, 0.6) is 0 Å². The highest BCUT2D eigenvalue weighted by Gasteiger charge is 2.23. The van der Waals surface area contributed by atoms with E-state index < -0.39 is 0 Å². The van der Waals surface area contributed by atoms with E-state index in [1.807, 2.05) is 18.2 Å². The molecule has 188 valence electrons. The zero-order valence-electron chi connectivity index (χ0n) is 21.3. The molecule has 0 amide bonds. The summed E-state index contributed by atoms with van der Waals surface area (Å²) >= 11 is 0. The average molecular weight is 485 g/mol. The number of H-pyrrole nitrogens is 1. The van der Waals surface area contributed by atoms with E-state index in [2.05, 4.69) is 69.5 Å². The molecule has 1 fully saturated rings. The molecule has 1 atom stereocenters. The van der Waals surface area contributed by atoms with Gasteiger partial charge in [0.1, 0.15) is 5.82 Å². The molecule has 8 nitrogen and oxygen atoms in total. The Kier molecular flexibility index (Phi) is 7.51. The van der Waals surface area contributed by atoms with Gasteiger partial charge in [0.15, 0.2) is 5.82 Å². The third-order valence-corrected chi connectivity index (χ3v) is 7.70. The van der Waals surface area contributed by atoms with Gasteiger partial charge < -0.3 is 5.73 Å². The highest BCUT2D eigenvalue weighted by atomic mass is 15.5.